The smallest absolute Gasteiger partial charge is 0.142 e. The van der Waals surface area contributed by atoms with E-state index in [0.717, 1.165) is 29.8 Å². The van der Waals surface area contributed by atoms with Gasteiger partial charge in [0.2, 0.25) is 0 Å². The average Bonchev–Trinajstić information content (AvgIpc) is 2.31. The fourth-order valence-electron chi connectivity index (χ4n) is 2.14. The number of pyridine rings is 1. The molecule has 1 fully saturated rings. The highest BCUT2D eigenvalue weighted by molar-refractivity contribution is 9.10. The number of anilines is 1. The first-order valence-corrected chi connectivity index (χ1v) is 6.40. The molecule has 0 saturated carbocycles. The molecule has 2 unspecified atom stereocenters. The molecule has 0 bridgehead atoms. The standard InChI is InChI=1S/C12H17BrN2O/c1-9-5-7-15(8-11(9)16-2)12-10(13)4-3-6-14-12/h3-4,6,9,11H,5,7-8H2,1-2H3. The second-order valence-corrected chi connectivity index (χ2v) is 5.15. The highest BCUT2D eigenvalue weighted by Crippen LogP contribution is 2.28. The molecule has 2 rings (SSSR count). The van der Waals surface area contributed by atoms with E-state index in [4.69, 9.17) is 4.74 Å². The summed E-state index contributed by atoms with van der Waals surface area (Å²) in [5.74, 6) is 1.65. The minimum Gasteiger partial charge on any atom is -0.379 e. The number of halogens is 1. The molecular weight excluding hydrogens is 268 g/mol. The van der Waals surface area contributed by atoms with Crippen LogP contribution in [0.2, 0.25) is 0 Å². The van der Waals surface area contributed by atoms with Crippen molar-refractivity contribution in [2.45, 2.75) is 19.4 Å². The Kier molecular flexibility index (Phi) is 3.82. The first kappa shape index (κ1) is 11.9. The maximum Gasteiger partial charge on any atom is 0.142 e. The van der Waals surface area contributed by atoms with Gasteiger partial charge in [0.1, 0.15) is 5.82 Å². The molecule has 2 atom stereocenters. The van der Waals surface area contributed by atoms with Gasteiger partial charge in [0, 0.05) is 26.4 Å². The summed E-state index contributed by atoms with van der Waals surface area (Å²) in [4.78, 5) is 6.71. The molecule has 2 heterocycles. The summed E-state index contributed by atoms with van der Waals surface area (Å²) in [5, 5.41) is 0. The highest BCUT2D eigenvalue weighted by Gasteiger charge is 2.27. The van der Waals surface area contributed by atoms with Gasteiger partial charge in [0.05, 0.1) is 10.6 Å². The predicted molar refractivity (Wildman–Crippen MR) is 68.7 cm³/mol. The minimum absolute atomic E-state index is 0.308. The normalized spacial score (nSPS) is 25.8. The van der Waals surface area contributed by atoms with Crippen molar-refractivity contribution >= 4 is 21.7 Å². The summed E-state index contributed by atoms with van der Waals surface area (Å²) in [6, 6.07) is 3.97. The van der Waals surface area contributed by atoms with Crippen LogP contribution in [0, 0.1) is 5.92 Å². The average molecular weight is 285 g/mol. The van der Waals surface area contributed by atoms with Crippen LogP contribution < -0.4 is 4.90 Å². The van der Waals surface area contributed by atoms with E-state index in [1.807, 2.05) is 18.3 Å². The SMILES string of the molecule is COC1CN(c2ncccc2Br)CCC1C. The molecule has 1 aromatic rings. The molecule has 1 saturated heterocycles. The van der Waals surface area contributed by atoms with Crippen molar-refractivity contribution in [3.8, 4) is 0 Å². The molecule has 0 aromatic carbocycles. The highest BCUT2D eigenvalue weighted by atomic mass is 79.9. The van der Waals surface area contributed by atoms with Gasteiger partial charge < -0.3 is 9.64 Å². The van der Waals surface area contributed by atoms with Crippen molar-refractivity contribution in [3.05, 3.63) is 22.8 Å². The molecule has 3 nitrogen and oxygen atoms in total. The Morgan fingerprint density at radius 1 is 1.56 bits per heavy atom. The Labute approximate surface area is 105 Å². The largest absolute Gasteiger partial charge is 0.379 e. The third-order valence-corrected chi connectivity index (χ3v) is 3.85. The fourth-order valence-corrected chi connectivity index (χ4v) is 2.65. The third-order valence-electron chi connectivity index (χ3n) is 3.23. The lowest BCUT2D eigenvalue weighted by atomic mass is 9.96. The van der Waals surface area contributed by atoms with Crippen LogP contribution in [0.15, 0.2) is 22.8 Å². The molecule has 0 amide bonds. The molecule has 88 valence electrons. The number of nitrogens with zero attached hydrogens (tertiary/aromatic N) is 2. The van der Waals surface area contributed by atoms with E-state index >= 15 is 0 Å². The summed E-state index contributed by atoms with van der Waals surface area (Å²) in [7, 11) is 1.79. The van der Waals surface area contributed by atoms with Crippen LogP contribution in [0.4, 0.5) is 5.82 Å². The van der Waals surface area contributed by atoms with Crippen LogP contribution in [0.25, 0.3) is 0 Å². The number of rotatable bonds is 2. The zero-order valence-corrected chi connectivity index (χ0v) is 11.3. The topological polar surface area (TPSA) is 25.4 Å². The van der Waals surface area contributed by atoms with Crippen molar-refractivity contribution in [3.63, 3.8) is 0 Å². The lowest BCUT2D eigenvalue weighted by Gasteiger charge is -2.37. The number of piperidine rings is 1. The predicted octanol–water partition coefficient (Wildman–Crippen LogP) is 2.71. The Balaban J connectivity index is 2.14. The summed E-state index contributed by atoms with van der Waals surface area (Å²) in [6.45, 7) is 4.23. The summed E-state index contributed by atoms with van der Waals surface area (Å²) in [5.41, 5.74) is 0. The molecule has 0 N–H and O–H groups in total. The van der Waals surface area contributed by atoms with Crippen molar-refractivity contribution < 1.29 is 4.74 Å². The number of aromatic nitrogens is 1. The first-order valence-electron chi connectivity index (χ1n) is 5.60. The van der Waals surface area contributed by atoms with Crippen LogP contribution in [0.3, 0.4) is 0 Å². The summed E-state index contributed by atoms with van der Waals surface area (Å²) < 4.78 is 6.57. The maximum absolute atomic E-state index is 5.51. The minimum atomic E-state index is 0.308. The fraction of sp³-hybridized carbons (Fsp3) is 0.583. The van der Waals surface area contributed by atoms with Gasteiger partial charge in [-0.05, 0) is 40.4 Å². The molecular formula is C12H17BrN2O. The van der Waals surface area contributed by atoms with Gasteiger partial charge in [-0.2, -0.15) is 0 Å². The molecule has 16 heavy (non-hydrogen) atoms. The third kappa shape index (κ3) is 2.38. The van der Waals surface area contributed by atoms with Gasteiger partial charge in [-0.25, -0.2) is 4.98 Å². The molecule has 4 heteroatoms. The van der Waals surface area contributed by atoms with Crippen LogP contribution >= 0.6 is 15.9 Å². The van der Waals surface area contributed by atoms with Crippen molar-refractivity contribution in [1.29, 1.82) is 0 Å². The van der Waals surface area contributed by atoms with Crippen LogP contribution in [0.1, 0.15) is 13.3 Å². The zero-order valence-electron chi connectivity index (χ0n) is 9.69. The summed E-state index contributed by atoms with van der Waals surface area (Å²) in [6.07, 6.45) is 3.30. The zero-order chi connectivity index (χ0) is 11.5. The molecule has 1 aromatic heterocycles. The quantitative estimate of drug-likeness (QED) is 0.835. The van der Waals surface area contributed by atoms with E-state index in [0.29, 0.717) is 12.0 Å². The maximum atomic E-state index is 5.51. The second kappa shape index (κ2) is 5.15. The number of methoxy groups -OCH3 is 1. The van der Waals surface area contributed by atoms with Gasteiger partial charge in [0.25, 0.3) is 0 Å². The van der Waals surface area contributed by atoms with E-state index in [-0.39, 0.29) is 0 Å². The molecule has 1 aliphatic heterocycles. The number of hydrogen-bond donors (Lipinski definition) is 0. The Bertz CT molecular complexity index is 359. The molecule has 0 radical (unpaired) electrons. The van der Waals surface area contributed by atoms with Gasteiger partial charge in [-0.1, -0.05) is 6.92 Å². The first-order chi connectivity index (χ1) is 7.72. The lowest BCUT2D eigenvalue weighted by Crippen LogP contribution is -2.44. The Morgan fingerprint density at radius 3 is 3.06 bits per heavy atom. The lowest BCUT2D eigenvalue weighted by molar-refractivity contribution is 0.0496. The van der Waals surface area contributed by atoms with E-state index in [1.54, 1.807) is 7.11 Å². The molecule has 0 spiro atoms. The van der Waals surface area contributed by atoms with E-state index in [2.05, 4.69) is 32.7 Å². The van der Waals surface area contributed by atoms with E-state index < -0.39 is 0 Å². The van der Waals surface area contributed by atoms with Gasteiger partial charge >= 0.3 is 0 Å². The van der Waals surface area contributed by atoms with E-state index in [9.17, 15) is 0 Å². The van der Waals surface area contributed by atoms with Gasteiger partial charge in [-0.15, -0.1) is 0 Å². The van der Waals surface area contributed by atoms with Gasteiger partial charge in [-0.3, -0.25) is 0 Å². The monoisotopic (exact) mass is 284 g/mol. The summed E-state index contributed by atoms with van der Waals surface area (Å²) >= 11 is 3.54. The Hall–Kier alpha value is -0.610. The van der Waals surface area contributed by atoms with Crippen molar-refractivity contribution in [2.75, 3.05) is 25.1 Å². The van der Waals surface area contributed by atoms with Crippen LogP contribution in [-0.4, -0.2) is 31.3 Å². The van der Waals surface area contributed by atoms with E-state index in [1.165, 1.54) is 0 Å². The molecule has 0 aliphatic carbocycles. The number of hydrogen-bond acceptors (Lipinski definition) is 3. The van der Waals surface area contributed by atoms with Crippen molar-refractivity contribution in [1.82, 2.24) is 4.98 Å². The molecule has 1 aliphatic rings. The van der Waals surface area contributed by atoms with Crippen molar-refractivity contribution in [2.24, 2.45) is 5.92 Å². The number of ether oxygens (including phenoxy) is 1. The Morgan fingerprint density at radius 2 is 2.38 bits per heavy atom. The van der Waals surface area contributed by atoms with Crippen LogP contribution in [-0.2, 0) is 4.74 Å². The van der Waals surface area contributed by atoms with Gasteiger partial charge in [0.15, 0.2) is 0 Å². The van der Waals surface area contributed by atoms with Crippen LogP contribution in [0.5, 0.6) is 0 Å². The second-order valence-electron chi connectivity index (χ2n) is 4.29.